The zero-order valence-electron chi connectivity index (χ0n) is 55.9. The Bertz CT molecular complexity index is 3950. The molecular formula is C60H82N12O28P2S. The van der Waals surface area contributed by atoms with Gasteiger partial charge in [0.15, 0.2) is 17.6 Å². The molecule has 2 fully saturated rings. The van der Waals surface area contributed by atoms with Gasteiger partial charge in [-0.2, -0.15) is 4.31 Å². The number of H-pyrrole nitrogens is 1. The van der Waals surface area contributed by atoms with Crippen LogP contribution in [0.5, 0.6) is 0 Å². The lowest BCUT2D eigenvalue weighted by Crippen LogP contribution is -2.66. The number of nitrogens with zero attached hydrogens (tertiary/aromatic N) is 2. The first-order valence-corrected chi connectivity index (χ1v) is 35.0. The SMILES string of the molecule is C[C@H](NC(=O)[C@@H](C)O[C@H]1[C@H](O)[C@@H](CO)O[C@H](OP(=O)(O)OP(=O)(O)OC[C@H]2O[C@@H](n3ccc(=O)[nH]c3=O)[C@H](O)[C@@H]2O)[C@@H]1NC(=O)CO)C(=O)N[C@H](CCC(=O)N[C@@H](CCCCNC(=S)Nc1ccc(NC(=O)c2cccc3c(N(C)C)cccc23)cc1)C(=O)N[C@H](C)C(=O)N[C@H](C)C(=O)O)C(=O)O. The third-order valence-electron chi connectivity index (χ3n) is 15.8. The van der Waals surface area contributed by atoms with Crippen LogP contribution < -0.4 is 64.0 Å². The summed E-state index contributed by atoms with van der Waals surface area (Å²) >= 11 is 5.47. The van der Waals surface area contributed by atoms with Crippen LogP contribution in [0.3, 0.4) is 0 Å². The maximum absolute atomic E-state index is 13.7. The summed E-state index contributed by atoms with van der Waals surface area (Å²) in [4.78, 5) is 166. The number of carbonyl (C=O) groups is 9. The molecule has 103 heavy (non-hydrogen) atoms. The number of rotatable bonds is 36. The average Bonchev–Trinajstić information content (AvgIpc) is 1.25. The predicted molar refractivity (Wildman–Crippen MR) is 362 cm³/mol. The van der Waals surface area contributed by atoms with Gasteiger partial charge in [0.25, 0.3) is 11.5 Å². The van der Waals surface area contributed by atoms with Gasteiger partial charge in [0.05, 0.1) is 13.2 Å². The molecule has 2 unspecified atom stereocenters. The van der Waals surface area contributed by atoms with E-state index in [0.29, 0.717) is 27.9 Å². The van der Waals surface area contributed by atoms with Crippen LogP contribution in [0, 0.1) is 0 Å². The number of aliphatic hydroxyl groups excluding tert-OH is 5. The molecule has 3 heterocycles. The van der Waals surface area contributed by atoms with Gasteiger partial charge in [-0.05, 0) is 107 Å². The van der Waals surface area contributed by atoms with Crippen molar-refractivity contribution in [3.8, 4) is 0 Å². The molecule has 566 valence electrons. The second-order valence-corrected chi connectivity index (χ2v) is 27.2. The minimum atomic E-state index is -6.05. The predicted octanol–water partition coefficient (Wildman–Crippen LogP) is -3.20. The quantitative estimate of drug-likeness (QED) is 0.0121. The normalized spacial score (nSPS) is 22.3. The fraction of sp³-hybridized carbons (Fsp3) is 0.500. The highest BCUT2D eigenvalue weighted by atomic mass is 32.1. The molecule has 0 saturated carbocycles. The number of aliphatic hydroxyl groups is 5. The number of phosphoric acid groups is 2. The Morgan fingerprint density at radius 3 is 1.92 bits per heavy atom. The Kier molecular flexibility index (Phi) is 30.4. The van der Waals surface area contributed by atoms with E-state index in [1.807, 2.05) is 59.6 Å². The molecule has 0 bridgehead atoms. The third kappa shape index (κ3) is 23.9. The molecule has 3 aromatic carbocycles. The highest BCUT2D eigenvalue weighted by Crippen LogP contribution is 2.61. The summed E-state index contributed by atoms with van der Waals surface area (Å²) in [6.07, 6.45) is -17.6. The number of carbonyl (C=O) groups excluding carboxylic acids is 7. The summed E-state index contributed by atoms with van der Waals surface area (Å²) in [7, 11) is -8.07. The number of anilines is 3. The van der Waals surface area contributed by atoms with Crippen LogP contribution in [0.25, 0.3) is 10.8 Å². The van der Waals surface area contributed by atoms with Crippen molar-refractivity contribution in [1.82, 2.24) is 46.8 Å². The lowest BCUT2D eigenvalue weighted by atomic mass is 9.96. The van der Waals surface area contributed by atoms with Crippen LogP contribution in [0.15, 0.2) is 82.5 Å². The van der Waals surface area contributed by atoms with E-state index in [4.69, 9.17) is 31.0 Å². The van der Waals surface area contributed by atoms with Crippen LogP contribution >= 0.6 is 27.9 Å². The van der Waals surface area contributed by atoms with Gasteiger partial charge in [-0.25, -0.2) is 18.7 Å². The molecule has 4 aromatic rings. The Balaban J connectivity index is 1.01. The molecule has 2 saturated heterocycles. The first-order chi connectivity index (χ1) is 48.4. The first-order valence-electron chi connectivity index (χ1n) is 31.6. The minimum Gasteiger partial charge on any atom is -0.480 e. The summed E-state index contributed by atoms with van der Waals surface area (Å²) in [5.41, 5.74) is 0.618. The number of benzene rings is 3. The van der Waals surface area contributed by atoms with E-state index >= 15 is 0 Å². The molecule has 17 atom stereocenters. The molecule has 0 aliphatic carbocycles. The fourth-order valence-corrected chi connectivity index (χ4v) is 12.7. The molecule has 7 amide bonds. The molecule has 2 aliphatic rings. The van der Waals surface area contributed by atoms with E-state index in [-0.39, 0.29) is 30.4 Å². The van der Waals surface area contributed by atoms with Crippen LogP contribution in [0.4, 0.5) is 17.1 Å². The van der Waals surface area contributed by atoms with Crippen molar-refractivity contribution in [3.63, 3.8) is 0 Å². The summed E-state index contributed by atoms with van der Waals surface area (Å²) in [5, 5.41) is 95.7. The number of ether oxygens (including phenoxy) is 3. The monoisotopic (exact) mass is 1510 g/mol. The topological polar surface area (TPSA) is 592 Å². The maximum atomic E-state index is 13.7. The van der Waals surface area contributed by atoms with Crippen LogP contribution in [0.2, 0.25) is 0 Å². The van der Waals surface area contributed by atoms with E-state index < -0.39 is 198 Å². The maximum Gasteiger partial charge on any atom is 0.483 e. The molecule has 19 N–H and O–H groups in total. The van der Waals surface area contributed by atoms with Crippen molar-refractivity contribution in [2.75, 3.05) is 56.0 Å². The fourth-order valence-electron chi connectivity index (χ4n) is 10.3. The van der Waals surface area contributed by atoms with E-state index in [2.05, 4.69) is 51.4 Å². The van der Waals surface area contributed by atoms with Crippen molar-refractivity contribution in [3.05, 3.63) is 99.3 Å². The number of thiocarbonyl (C=S) groups is 1. The number of unbranched alkanes of at least 4 members (excludes halogenated alkanes) is 1. The van der Waals surface area contributed by atoms with Gasteiger partial charge >= 0.3 is 33.3 Å². The highest BCUT2D eigenvalue weighted by molar-refractivity contribution is 7.80. The van der Waals surface area contributed by atoms with Crippen LogP contribution in [-0.4, -0.2) is 239 Å². The van der Waals surface area contributed by atoms with Crippen molar-refractivity contribution in [2.24, 2.45) is 0 Å². The van der Waals surface area contributed by atoms with Crippen molar-refractivity contribution >= 4 is 114 Å². The van der Waals surface area contributed by atoms with Crippen molar-refractivity contribution in [2.45, 2.75) is 151 Å². The van der Waals surface area contributed by atoms with E-state index in [9.17, 15) is 107 Å². The summed E-state index contributed by atoms with van der Waals surface area (Å²) in [5.74, 6) is -9.70. The lowest BCUT2D eigenvalue weighted by molar-refractivity contribution is -0.261. The standard InChI is InChI=1S/C60H82N12O28P2S/c1-28(50(81)64-30(3)56(86)87)63-54(85)37(14-7-8-23-61-59(103)66-33-18-16-32(17-19-33)65-53(84)36-13-9-12-35-34(36)11-10-15-39(35)71(5)6)67-42(75)21-20-38(57(88)89)68-51(82)29(2)62-52(83)31(4)96-49-45(69-44(77)26-74)58(98-40(25-73)47(49)79)99-102(93,94)100-101(91,92)95-27-41-46(78)48(80)55(97-41)72-24-22-43(76)70-60(72)90/h9-13,15-19,22,24,28-31,37-38,40-41,45-49,55,58,73-74,78-80H,7-8,14,20-21,23,25-27H2,1-6H3,(H,62,83)(H,63,85)(H,64,81)(H,65,84)(H,67,75)(H,68,82)(H,69,77)(H,86,87)(H,88,89)(H,91,92)(H,93,94)(H2,61,66,103)(H,70,76,90)/t28-,29+,30-,31-,37+,38-,40-,41-,45-,46-,47-,48-,49-,55-,58-/m1/s1. The molecule has 6 rings (SSSR count). The highest BCUT2D eigenvalue weighted by Gasteiger charge is 2.52. The Morgan fingerprint density at radius 2 is 1.30 bits per heavy atom. The molecular weight excluding hydrogens is 1430 g/mol. The van der Waals surface area contributed by atoms with E-state index in [1.54, 1.807) is 30.3 Å². The Hall–Kier alpha value is -8.74. The molecule has 1 aromatic heterocycles. The number of carboxylic acids is 2. The van der Waals surface area contributed by atoms with Gasteiger partial charge < -0.3 is 112 Å². The van der Waals surface area contributed by atoms with Crippen LogP contribution in [-0.2, 0) is 75.1 Å². The zero-order valence-corrected chi connectivity index (χ0v) is 58.5. The van der Waals surface area contributed by atoms with Crippen molar-refractivity contribution in [1.29, 1.82) is 0 Å². The molecule has 0 radical (unpaired) electrons. The van der Waals surface area contributed by atoms with Gasteiger partial charge in [0.1, 0.15) is 85.6 Å². The summed E-state index contributed by atoms with van der Waals surface area (Å²) in [6.45, 7) is 1.10. The van der Waals surface area contributed by atoms with E-state index in [1.165, 1.54) is 13.8 Å². The Morgan fingerprint density at radius 1 is 0.680 bits per heavy atom. The smallest absolute Gasteiger partial charge is 0.480 e. The van der Waals surface area contributed by atoms with Crippen molar-refractivity contribution < 1.29 is 125 Å². The second-order valence-electron chi connectivity index (χ2n) is 23.8. The van der Waals surface area contributed by atoms with Gasteiger partial charge in [-0.15, -0.1) is 0 Å². The molecule has 40 nitrogen and oxygen atoms in total. The number of hydrogen-bond acceptors (Lipinski definition) is 26. The number of carboxylic acid groups (broad SMARTS) is 2. The number of phosphoric ester groups is 2. The minimum absolute atomic E-state index is 0.0658. The van der Waals surface area contributed by atoms with Gasteiger partial charge in [-0.1, -0.05) is 24.3 Å². The Labute approximate surface area is 590 Å². The van der Waals surface area contributed by atoms with Gasteiger partial charge in [0.2, 0.25) is 35.4 Å². The molecule has 2 aliphatic heterocycles. The number of fused-ring (bicyclic) bond motifs is 1. The number of amides is 7. The number of hydrogen-bond donors (Lipinski definition) is 19. The summed E-state index contributed by atoms with van der Waals surface area (Å²) < 4.78 is 57.4. The second kappa shape index (κ2) is 37.6. The molecule has 0 spiro atoms. The van der Waals surface area contributed by atoms with Gasteiger partial charge in [0, 0.05) is 67.3 Å². The number of aromatic nitrogens is 2. The lowest BCUT2D eigenvalue weighted by Gasteiger charge is -2.44. The number of aromatic amines is 1. The first kappa shape index (κ1) is 83.2. The average molecular weight is 1510 g/mol. The number of aliphatic carboxylic acids is 2. The number of nitrogens with one attached hydrogen (secondary N) is 10. The summed E-state index contributed by atoms with van der Waals surface area (Å²) in [6, 6.07) is 9.24. The largest absolute Gasteiger partial charge is 0.483 e. The molecule has 43 heteroatoms. The van der Waals surface area contributed by atoms with Gasteiger partial charge in [-0.3, -0.25) is 61.7 Å². The zero-order chi connectivity index (χ0) is 76.4. The third-order valence-corrected chi connectivity index (χ3v) is 18.6. The van der Waals surface area contributed by atoms with E-state index in [0.717, 1.165) is 42.6 Å². The van der Waals surface area contributed by atoms with Crippen LogP contribution in [0.1, 0.15) is 76.4 Å².